The molecule has 2 aliphatic rings. The maximum Gasteiger partial charge on any atom is 0.226 e. The summed E-state index contributed by atoms with van der Waals surface area (Å²) in [5.74, 6) is 0.0673. The maximum atomic E-state index is 12.3. The lowest BCUT2D eigenvalue weighted by molar-refractivity contribution is -0.117. The van der Waals surface area contributed by atoms with Crippen LogP contribution in [0.3, 0.4) is 0 Å². The molecule has 0 bridgehead atoms. The number of hydrogen-bond donors (Lipinski definition) is 2. The van der Waals surface area contributed by atoms with Gasteiger partial charge in [-0.05, 0) is 36.2 Å². The third kappa shape index (κ3) is 3.21. The van der Waals surface area contributed by atoms with Crippen molar-refractivity contribution in [1.29, 1.82) is 5.26 Å². The molecule has 0 radical (unpaired) electrons. The van der Waals surface area contributed by atoms with Crippen molar-refractivity contribution in [3.8, 4) is 6.07 Å². The van der Waals surface area contributed by atoms with E-state index >= 15 is 0 Å². The van der Waals surface area contributed by atoms with E-state index in [1.165, 1.54) is 5.56 Å². The number of nitrogens with zero attached hydrogens (tertiary/aromatic N) is 2. The van der Waals surface area contributed by atoms with E-state index in [0.717, 1.165) is 37.4 Å². The van der Waals surface area contributed by atoms with Crippen LogP contribution in [0.4, 0.5) is 11.4 Å². The normalized spacial score (nSPS) is 22.6. The van der Waals surface area contributed by atoms with Crippen LogP contribution in [0.25, 0.3) is 0 Å². The second-order valence-electron chi connectivity index (χ2n) is 6.95. The molecule has 2 aliphatic heterocycles. The van der Waals surface area contributed by atoms with E-state index in [0.29, 0.717) is 12.0 Å². The number of carbonyl (C=O) groups excluding carboxylic acids is 1. The van der Waals surface area contributed by atoms with Crippen molar-refractivity contribution < 1.29 is 4.79 Å². The molecule has 2 aromatic rings. The molecule has 1 saturated heterocycles. The monoisotopic (exact) mass is 332 g/mol. The fraction of sp³-hybridized carbons (Fsp3) is 0.300. The molecule has 0 saturated carbocycles. The highest BCUT2D eigenvalue weighted by Crippen LogP contribution is 2.36. The van der Waals surface area contributed by atoms with Crippen molar-refractivity contribution >= 4 is 17.3 Å². The molecular weight excluding hydrogens is 312 g/mol. The van der Waals surface area contributed by atoms with E-state index in [9.17, 15) is 4.79 Å². The highest BCUT2D eigenvalue weighted by molar-refractivity contribution is 5.97. The minimum Gasteiger partial charge on any atom is -0.376 e. The molecule has 126 valence electrons. The molecule has 1 unspecified atom stereocenters. The van der Waals surface area contributed by atoms with Gasteiger partial charge in [-0.1, -0.05) is 24.3 Å². The first-order chi connectivity index (χ1) is 12.2. The van der Waals surface area contributed by atoms with Crippen molar-refractivity contribution in [3.63, 3.8) is 0 Å². The Balaban J connectivity index is 1.50. The van der Waals surface area contributed by atoms with Gasteiger partial charge in [0.1, 0.15) is 0 Å². The molecule has 25 heavy (non-hydrogen) atoms. The Morgan fingerprint density at radius 1 is 1.12 bits per heavy atom. The Bertz CT molecular complexity index is 840. The Morgan fingerprint density at radius 3 is 2.64 bits per heavy atom. The van der Waals surface area contributed by atoms with Gasteiger partial charge in [-0.25, -0.2) is 0 Å². The van der Waals surface area contributed by atoms with E-state index in [1.54, 1.807) is 0 Å². The van der Waals surface area contributed by atoms with Gasteiger partial charge in [-0.15, -0.1) is 0 Å². The standard InChI is InChI=1S/C20H20N4O/c21-12-15-5-7-16(8-6-15)13-24-10-9-20(14-24)11-19(25)22-17-3-1-2-4-18(17)23-20/h1-8,23H,9-11,13-14H2,(H,22,25). The van der Waals surface area contributed by atoms with Gasteiger partial charge in [0.25, 0.3) is 0 Å². The summed E-state index contributed by atoms with van der Waals surface area (Å²) in [6.07, 6.45) is 1.41. The number of nitrogens with one attached hydrogen (secondary N) is 2. The number of nitriles is 1. The zero-order chi connectivity index (χ0) is 17.3. The highest BCUT2D eigenvalue weighted by atomic mass is 16.1. The van der Waals surface area contributed by atoms with Crippen molar-refractivity contribution in [3.05, 3.63) is 59.7 Å². The predicted octanol–water partition coefficient (Wildman–Crippen LogP) is 2.96. The van der Waals surface area contributed by atoms with Gasteiger partial charge in [0, 0.05) is 19.6 Å². The topological polar surface area (TPSA) is 68.2 Å². The quantitative estimate of drug-likeness (QED) is 0.887. The fourth-order valence-electron chi connectivity index (χ4n) is 3.82. The van der Waals surface area contributed by atoms with Crippen LogP contribution < -0.4 is 10.6 Å². The zero-order valence-corrected chi connectivity index (χ0v) is 14.0. The van der Waals surface area contributed by atoms with Crippen LogP contribution in [-0.4, -0.2) is 29.4 Å². The number of hydrogen-bond acceptors (Lipinski definition) is 4. The van der Waals surface area contributed by atoms with E-state index in [2.05, 4.69) is 21.6 Å². The SMILES string of the molecule is N#Cc1ccc(CN2CCC3(CC(=O)Nc4ccccc4N3)C2)cc1. The molecule has 1 spiro atoms. The van der Waals surface area contributed by atoms with Crippen molar-refractivity contribution in [2.24, 2.45) is 0 Å². The lowest BCUT2D eigenvalue weighted by atomic mass is 9.93. The van der Waals surface area contributed by atoms with Crippen LogP contribution in [0.5, 0.6) is 0 Å². The molecule has 5 nitrogen and oxygen atoms in total. The van der Waals surface area contributed by atoms with E-state index in [4.69, 9.17) is 5.26 Å². The van der Waals surface area contributed by atoms with Crippen LogP contribution in [0, 0.1) is 11.3 Å². The molecule has 0 aliphatic carbocycles. The average molecular weight is 332 g/mol. The average Bonchev–Trinajstić information content (AvgIpc) is 2.92. The zero-order valence-electron chi connectivity index (χ0n) is 14.0. The molecule has 4 rings (SSSR count). The lowest BCUT2D eigenvalue weighted by Crippen LogP contribution is -2.42. The maximum absolute atomic E-state index is 12.3. The van der Waals surface area contributed by atoms with Crippen LogP contribution in [0.1, 0.15) is 24.0 Å². The number of carbonyl (C=O) groups is 1. The lowest BCUT2D eigenvalue weighted by Gasteiger charge is -2.29. The summed E-state index contributed by atoms with van der Waals surface area (Å²) in [5.41, 5.74) is 3.50. The number of fused-ring (bicyclic) bond motifs is 1. The van der Waals surface area contributed by atoms with Crippen LogP contribution in [0.2, 0.25) is 0 Å². The summed E-state index contributed by atoms with van der Waals surface area (Å²) in [5, 5.41) is 15.5. The molecule has 1 fully saturated rings. The number of rotatable bonds is 2. The van der Waals surface area contributed by atoms with Crippen LogP contribution in [-0.2, 0) is 11.3 Å². The minimum atomic E-state index is -0.219. The molecule has 2 heterocycles. The number of benzene rings is 2. The summed E-state index contributed by atoms with van der Waals surface area (Å²) in [6.45, 7) is 2.61. The van der Waals surface area contributed by atoms with Crippen molar-refractivity contribution in [2.45, 2.75) is 24.9 Å². The molecular formula is C20H20N4O. The highest BCUT2D eigenvalue weighted by Gasteiger charge is 2.41. The van der Waals surface area contributed by atoms with E-state index in [-0.39, 0.29) is 11.4 Å². The third-order valence-corrected chi connectivity index (χ3v) is 5.02. The third-order valence-electron chi connectivity index (χ3n) is 5.02. The summed E-state index contributed by atoms with van der Waals surface area (Å²) < 4.78 is 0. The van der Waals surface area contributed by atoms with Gasteiger partial charge >= 0.3 is 0 Å². The molecule has 2 N–H and O–H groups in total. The van der Waals surface area contributed by atoms with Gasteiger partial charge in [0.05, 0.1) is 35.0 Å². The summed E-state index contributed by atoms with van der Waals surface area (Å²) >= 11 is 0. The first-order valence-electron chi connectivity index (χ1n) is 8.54. The molecule has 0 aromatic heterocycles. The van der Waals surface area contributed by atoms with Gasteiger partial charge < -0.3 is 10.6 Å². The van der Waals surface area contributed by atoms with E-state index in [1.807, 2.05) is 48.5 Å². The van der Waals surface area contributed by atoms with Gasteiger partial charge in [0.2, 0.25) is 5.91 Å². The molecule has 1 atom stereocenters. The second kappa shape index (κ2) is 6.23. The fourth-order valence-corrected chi connectivity index (χ4v) is 3.82. The first-order valence-corrected chi connectivity index (χ1v) is 8.54. The van der Waals surface area contributed by atoms with E-state index < -0.39 is 0 Å². The Morgan fingerprint density at radius 2 is 1.88 bits per heavy atom. The Labute approximate surface area is 147 Å². The molecule has 5 heteroatoms. The molecule has 2 aromatic carbocycles. The van der Waals surface area contributed by atoms with Gasteiger partial charge in [-0.2, -0.15) is 5.26 Å². The van der Waals surface area contributed by atoms with Gasteiger partial charge in [0.15, 0.2) is 0 Å². The predicted molar refractivity (Wildman–Crippen MR) is 97.1 cm³/mol. The first kappa shape index (κ1) is 15.7. The Hall–Kier alpha value is -2.84. The molecule has 1 amide bonds. The minimum absolute atomic E-state index is 0.0673. The van der Waals surface area contributed by atoms with Crippen molar-refractivity contribution in [1.82, 2.24) is 4.90 Å². The van der Waals surface area contributed by atoms with Crippen molar-refractivity contribution in [2.75, 3.05) is 23.7 Å². The number of para-hydroxylation sites is 2. The number of amides is 1. The number of likely N-dealkylation sites (tertiary alicyclic amines) is 1. The number of anilines is 2. The largest absolute Gasteiger partial charge is 0.376 e. The second-order valence-corrected chi connectivity index (χ2v) is 6.95. The van der Waals surface area contributed by atoms with Gasteiger partial charge in [-0.3, -0.25) is 9.69 Å². The summed E-state index contributed by atoms with van der Waals surface area (Å²) in [6, 6.07) is 17.7. The van der Waals surface area contributed by atoms with Crippen LogP contribution >= 0.6 is 0 Å². The van der Waals surface area contributed by atoms with Crippen LogP contribution in [0.15, 0.2) is 48.5 Å². The summed E-state index contributed by atoms with van der Waals surface area (Å²) in [7, 11) is 0. The summed E-state index contributed by atoms with van der Waals surface area (Å²) in [4.78, 5) is 14.7. The smallest absolute Gasteiger partial charge is 0.226 e. The Kier molecular flexibility index (Phi) is 3.90.